The molecular formula is C19H17N3O3. The highest BCUT2D eigenvalue weighted by atomic mass is 16.5. The second kappa shape index (κ2) is 6.05. The molecule has 0 unspecified atom stereocenters. The Labute approximate surface area is 144 Å². The Bertz CT molecular complexity index is 1030. The van der Waals surface area contributed by atoms with Crippen LogP contribution >= 0.6 is 0 Å². The van der Waals surface area contributed by atoms with E-state index < -0.39 is 0 Å². The average Bonchev–Trinajstić information content (AvgIpc) is 3.12. The summed E-state index contributed by atoms with van der Waals surface area (Å²) in [5.74, 6) is 0.0181. The van der Waals surface area contributed by atoms with E-state index in [0.29, 0.717) is 30.0 Å². The van der Waals surface area contributed by atoms with Gasteiger partial charge in [-0.1, -0.05) is 18.2 Å². The van der Waals surface area contributed by atoms with E-state index in [-0.39, 0.29) is 11.5 Å². The number of ether oxygens (including phenoxy) is 1. The fraction of sp³-hybridized carbons (Fsp3) is 0.211. The third-order valence-electron chi connectivity index (χ3n) is 4.50. The van der Waals surface area contributed by atoms with Crippen molar-refractivity contribution < 1.29 is 9.53 Å². The molecule has 126 valence electrons. The van der Waals surface area contributed by atoms with Crippen molar-refractivity contribution in [2.75, 3.05) is 12.4 Å². The van der Waals surface area contributed by atoms with Gasteiger partial charge >= 0.3 is 0 Å². The first kappa shape index (κ1) is 15.4. The second-order valence-corrected chi connectivity index (χ2v) is 5.96. The lowest BCUT2D eigenvalue weighted by atomic mass is 10.1. The number of para-hydroxylation sites is 1. The van der Waals surface area contributed by atoms with Crippen LogP contribution in [0.4, 0.5) is 5.69 Å². The monoisotopic (exact) mass is 335 g/mol. The number of hydrogen-bond donors (Lipinski definition) is 1. The maximum atomic E-state index is 13.0. The van der Waals surface area contributed by atoms with Gasteiger partial charge in [0.25, 0.3) is 11.5 Å². The summed E-state index contributed by atoms with van der Waals surface area (Å²) in [7, 11) is 1.47. The standard InChI is InChI=1S/C19H17N3O3/c1-25-15-11-16(23)22-10-4-8-14(22)17(15)19(24)21-13-7-2-5-12-6-3-9-20-18(12)13/h2-3,5-7,9,11H,4,8,10H2,1H3,(H,21,24). The highest BCUT2D eigenvalue weighted by Gasteiger charge is 2.25. The van der Waals surface area contributed by atoms with E-state index in [9.17, 15) is 9.59 Å². The van der Waals surface area contributed by atoms with Gasteiger partial charge < -0.3 is 14.6 Å². The van der Waals surface area contributed by atoms with Crippen LogP contribution in [-0.4, -0.2) is 22.6 Å². The van der Waals surface area contributed by atoms with Crippen LogP contribution < -0.4 is 15.6 Å². The molecule has 0 fully saturated rings. The quantitative estimate of drug-likeness (QED) is 0.798. The molecule has 1 aliphatic heterocycles. The van der Waals surface area contributed by atoms with Crippen molar-refractivity contribution >= 4 is 22.5 Å². The van der Waals surface area contributed by atoms with Crippen molar-refractivity contribution in [3.63, 3.8) is 0 Å². The predicted octanol–water partition coefficient (Wildman–Crippen LogP) is 2.60. The number of carbonyl (C=O) groups excluding carboxylic acids is 1. The molecule has 1 amide bonds. The smallest absolute Gasteiger partial charge is 0.261 e. The molecule has 25 heavy (non-hydrogen) atoms. The van der Waals surface area contributed by atoms with Crippen LogP contribution in [0.25, 0.3) is 10.9 Å². The van der Waals surface area contributed by atoms with Gasteiger partial charge in [-0.2, -0.15) is 0 Å². The highest BCUT2D eigenvalue weighted by Crippen LogP contribution is 2.27. The number of methoxy groups -OCH3 is 1. The van der Waals surface area contributed by atoms with Crippen molar-refractivity contribution in [1.29, 1.82) is 0 Å². The van der Waals surface area contributed by atoms with E-state index in [4.69, 9.17) is 4.74 Å². The van der Waals surface area contributed by atoms with E-state index in [1.807, 2.05) is 30.3 Å². The number of benzene rings is 1. The normalized spacial score (nSPS) is 12.8. The second-order valence-electron chi connectivity index (χ2n) is 5.96. The van der Waals surface area contributed by atoms with Crippen molar-refractivity contribution in [2.24, 2.45) is 0 Å². The van der Waals surface area contributed by atoms with Crippen LogP contribution in [0.5, 0.6) is 5.75 Å². The van der Waals surface area contributed by atoms with Gasteiger partial charge in [-0.15, -0.1) is 0 Å². The summed E-state index contributed by atoms with van der Waals surface area (Å²) in [4.78, 5) is 29.5. The molecule has 1 N–H and O–H groups in total. The zero-order valence-corrected chi connectivity index (χ0v) is 13.8. The van der Waals surface area contributed by atoms with Gasteiger partial charge in [0.15, 0.2) is 0 Å². The van der Waals surface area contributed by atoms with Gasteiger partial charge in [0.1, 0.15) is 11.3 Å². The van der Waals surface area contributed by atoms with E-state index in [1.165, 1.54) is 13.2 Å². The Morgan fingerprint density at radius 2 is 2.12 bits per heavy atom. The molecule has 0 spiro atoms. The van der Waals surface area contributed by atoms with Crippen molar-refractivity contribution in [3.8, 4) is 5.75 Å². The summed E-state index contributed by atoms with van der Waals surface area (Å²) in [6.45, 7) is 0.633. The number of fused-ring (bicyclic) bond motifs is 2. The fourth-order valence-corrected chi connectivity index (χ4v) is 3.38. The molecule has 0 atom stereocenters. The molecule has 1 aromatic carbocycles. The van der Waals surface area contributed by atoms with Gasteiger partial charge in [-0.3, -0.25) is 14.6 Å². The van der Waals surface area contributed by atoms with E-state index in [0.717, 1.165) is 23.0 Å². The number of aromatic nitrogens is 2. The summed E-state index contributed by atoms with van der Waals surface area (Å²) in [6.07, 6.45) is 3.22. The van der Waals surface area contributed by atoms with Gasteiger partial charge in [-0.05, 0) is 25.0 Å². The first-order valence-corrected chi connectivity index (χ1v) is 8.15. The fourth-order valence-electron chi connectivity index (χ4n) is 3.38. The van der Waals surface area contributed by atoms with Crippen LogP contribution in [0.2, 0.25) is 0 Å². The topological polar surface area (TPSA) is 73.2 Å². The zero-order chi connectivity index (χ0) is 17.4. The average molecular weight is 335 g/mol. The molecular weight excluding hydrogens is 318 g/mol. The van der Waals surface area contributed by atoms with E-state index in [2.05, 4.69) is 10.3 Å². The molecule has 6 heteroatoms. The van der Waals surface area contributed by atoms with Gasteiger partial charge in [0.05, 0.1) is 18.3 Å². The maximum absolute atomic E-state index is 13.0. The Morgan fingerprint density at radius 3 is 2.96 bits per heavy atom. The summed E-state index contributed by atoms with van der Waals surface area (Å²) < 4.78 is 6.96. The maximum Gasteiger partial charge on any atom is 0.261 e. The Kier molecular flexibility index (Phi) is 3.72. The summed E-state index contributed by atoms with van der Waals surface area (Å²) >= 11 is 0. The van der Waals surface area contributed by atoms with E-state index >= 15 is 0 Å². The molecule has 6 nitrogen and oxygen atoms in total. The first-order chi connectivity index (χ1) is 12.2. The van der Waals surface area contributed by atoms with Crippen LogP contribution in [0, 0.1) is 0 Å². The SMILES string of the molecule is COc1cc(=O)n2c(c1C(=O)Nc1cccc3cccnc13)CCC2. The van der Waals surface area contributed by atoms with Gasteiger partial charge in [0, 0.05) is 29.9 Å². The molecule has 1 aliphatic rings. The lowest BCUT2D eigenvalue weighted by molar-refractivity contribution is 0.102. The van der Waals surface area contributed by atoms with Crippen LogP contribution in [-0.2, 0) is 13.0 Å². The molecule has 0 saturated heterocycles. The molecule has 4 rings (SSSR count). The van der Waals surface area contributed by atoms with Crippen molar-refractivity contribution in [3.05, 3.63) is 64.2 Å². The van der Waals surface area contributed by atoms with Crippen molar-refractivity contribution in [1.82, 2.24) is 9.55 Å². The Hall–Kier alpha value is -3.15. The summed E-state index contributed by atoms with van der Waals surface area (Å²) in [5, 5.41) is 3.87. The number of anilines is 1. The minimum absolute atomic E-state index is 0.132. The highest BCUT2D eigenvalue weighted by molar-refractivity contribution is 6.10. The van der Waals surface area contributed by atoms with Crippen LogP contribution in [0.1, 0.15) is 22.5 Å². The lowest BCUT2D eigenvalue weighted by Crippen LogP contribution is -2.24. The van der Waals surface area contributed by atoms with Crippen LogP contribution in [0.15, 0.2) is 47.4 Å². The minimum Gasteiger partial charge on any atom is -0.496 e. The molecule has 3 aromatic rings. The lowest BCUT2D eigenvalue weighted by Gasteiger charge is -2.15. The largest absolute Gasteiger partial charge is 0.496 e. The summed E-state index contributed by atoms with van der Waals surface area (Å²) in [5.41, 5.74) is 2.38. The number of nitrogens with one attached hydrogen (secondary N) is 1. The molecule has 0 radical (unpaired) electrons. The number of carbonyl (C=O) groups is 1. The molecule has 3 heterocycles. The van der Waals surface area contributed by atoms with Crippen LogP contribution in [0.3, 0.4) is 0 Å². The third-order valence-corrected chi connectivity index (χ3v) is 4.50. The first-order valence-electron chi connectivity index (χ1n) is 8.15. The molecule has 0 aliphatic carbocycles. The van der Waals surface area contributed by atoms with Crippen molar-refractivity contribution in [2.45, 2.75) is 19.4 Å². The number of hydrogen-bond acceptors (Lipinski definition) is 4. The third kappa shape index (κ3) is 2.55. The number of amides is 1. The molecule has 2 aromatic heterocycles. The number of pyridine rings is 2. The molecule has 0 bridgehead atoms. The van der Waals surface area contributed by atoms with Gasteiger partial charge in [-0.25, -0.2) is 0 Å². The Balaban J connectivity index is 1.80. The minimum atomic E-state index is -0.291. The summed E-state index contributed by atoms with van der Waals surface area (Å²) in [6, 6.07) is 10.8. The predicted molar refractivity (Wildman–Crippen MR) is 95.3 cm³/mol. The molecule has 0 saturated carbocycles. The zero-order valence-electron chi connectivity index (χ0n) is 13.8. The number of nitrogens with zero attached hydrogens (tertiary/aromatic N) is 2. The van der Waals surface area contributed by atoms with E-state index in [1.54, 1.807) is 10.8 Å². The number of rotatable bonds is 3. The Morgan fingerprint density at radius 1 is 1.28 bits per heavy atom. The van der Waals surface area contributed by atoms with Gasteiger partial charge in [0.2, 0.25) is 0 Å².